The number of rotatable bonds is 5. The van der Waals surface area contributed by atoms with Crippen LogP contribution in [0.15, 0.2) is 29.2 Å². The molecular formula is C12H18N2O4S. The molecule has 0 fully saturated rings. The zero-order valence-electron chi connectivity index (χ0n) is 11.1. The first kappa shape index (κ1) is 15.6. The van der Waals surface area contributed by atoms with Crippen LogP contribution in [0.1, 0.15) is 13.8 Å². The third-order valence-corrected chi connectivity index (χ3v) is 4.07. The summed E-state index contributed by atoms with van der Waals surface area (Å²) in [7, 11) is -2.37. The van der Waals surface area contributed by atoms with Gasteiger partial charge in [-0.3, -0.25) is 4.79 Å². The quantitative estimate of drug-likeness (QED) is 0.816. The highest BCUT2D eigenvalue weighted by Gasteiger charge is 2.25. The van der Waals surface area contributed by atoms with E-state index in [2.05, 4.69) is 4.72 Å². The second-order valence-electron chi connectivity index (χ2n) is 4.19. The van der Waals surface area contributed by atoms with E-state index in [1.807, 2.05) is 0 Å². The Labute approximate surface area is 113 Å². The molecule has 2 N–H and O–H groups in total. The van der Waals surface area contributed by atoms with Crippen LogP contribution < -0.4 is 9.62 Å². The lowest BCUT2D eigenvalue weighted by molar-refractivity contribution is -0.121. The summed E-state index contributed by atoms with van der Waals surface area (Å²) in [5, 5.41) is 9.01. The zero-order valence-corrected chi connectivity index (χ0v) is 11.9. The SMILES string of the molecule is CNS(=O)(=O)c1ccccc1N(C(=O)CO)C(C)C. The fraction of sp³-hybridized carbons (Fsp3) is 0.417. The topological polar surface area (TPSA) is 86.7 Å². The van der Waals surface area contributed by atoms with Crippen molar-refractivity contribution >= 4 is 21.6 Å². The number of hydrogen-bond donors (Lipinski definition) is 2. The first-order valence-electron chi connectivity index (χ1n) is 5.80. The maximum Gasteiger partial charge on any atom is 0.252 e. The predicted octanol–water partition coefficient (Wildman–Crippen LogP) is 0.328. The summed E-state index contributed by atoms with van der Waals surface area (Å²) in [6, 6.07) is 5.91. The molecule has 1 rings (SSSR count). The van der Waals surface area contributed by atoms with Crippen LogP contribution in [0.3, 0.4) is 0 Å². The van der Waals surface area contributed by atoms with Crippen molar-refractivity contribution in [2.45, 2.75) is 24.8 Å². The van der Waals surface area contributed by atoms with Crippen LogP contribution in [0, 0.1) is 0 Å². The van der Waals surface area contributed by atoms with Gasteiger partial charge in [-0.2, -0.15) is 0 Å². The number of nitrogens with zero attached hydrogens (tertiary/aromatic N) is 1. The number of benzene rings is 1. The van der Waals surface area contributed by atoms with Gasteiger partial charge in [0, 0.05) is 6.04 Å². The summed E-state index contributed by atoms with van der Waals surface area (Å²) < 4.78 is 26.1. The summed E-state index contributed by atoms with van der Waals surface area (Å²) in [5.41, 5.74) is 0.255. The maximum atomic E-state index is 11.9. The van der Waals surface area contributed by atoms with Gasteiger partial charge in [0.2, 0.25) is 10.0 Å². The highest BCUT2D eigenvalue weighted by atomic mass is 32.2. The molecule has 0 aromatic heterocycles. The average Bonchev–Trinajstić information content (AvgIpc) is 2.38. The van der Waals surface area contributed by atoms with Gasteiger partial charge < -0.3 is 10.0 Å². The highest BCUT2D eigenvalue weighted by molar-refractivity contribution is 7.89. The molecule has 106 valence electrons. The highest BCUT2D eigenvalue weighted by Crippen LogP contribution is 2.26. The minimum absolute atomic E-state index is 0.00741. The summed E-state index contributed by atoms with van der Waals surface area (Å²) in [6.45, 7) is 2.82. The minimum atomic E-state index is -3.67. The fourth-order valence-electron chi connectivity index (χ4n) is 1.77. The Hall–Kier alpha value is -1.44. The molecule has 0 radical (unpaired) electrons. The van der Waals surface area contributed by atoms with E-state index in [4.69, 9.17) is 5.11 Å². The van der Waals surface area contributed by atoms with Crippen LogP contribution >= 0.6 is 0 Å². The van der Waals surface area contributed by atoms with Gasteiger partial charge in [-0.25, -0.2) is 13.1 Å². The fourth-order valence-corrected chi connectivity index (χ4v) is 2.69. The van der Waals surface area contributed by atoms with Crippen molar-refractivity contribution in [3.63, 3.8) is 0 Å². The third kappa shape index (κ3) is 3.31. The Balaban J connectivity index is 3.45. The van der Waals surface area contributed by atoms with Crippen LogP contribution in [-0.2, 0) is 14.8 Å². The van der Waals surface area contributed by atoms with Crippen LogP contribution in [0.4, 0.5) is 5.69 Å². The van der Waals surface area contributed by atoms with E-state index in [-0.39, 0.29) is 16.6 Å². The molecule has 0 aliphatic carbocycles. The Morgan fingerprint density at radius 3 is 2.42 bits per heavy atom. The van der Waals surface area contributed by atoms with E-state index in [1.54, 1.807) is 26.0 Å². The molecule has 0 saturated heterocycles. The van der Waals surface area contributed by atoms with Crippen molar-refractivity contribution in [2.24, 2.45) is 0 Å². The van der Waals surface area contributed by atoms with Gasteiger partial charge in [-0.05, 0) is 33.0 Å². The van der Waals surface area contributed by atoms with Gasteiger partial charge in [0.05, 0.1) is 5.69 Å². The molecule has 0 bridgehead atoms. The maximum absolute atomic E-state index is 11.9. The smallest absolute Gasteiger partial charge is 0.252 e. The van der Waals surface area contributed by atoms with Gasteiger partial charge in [0.25, 0.3) is 5.91 Å². The molecule has 1 aromatic rings. The van der Waals surface area contributed by atoms with Gasteiger partial charge in [-0.15, -0.1) is 0 Å². The molecule has 0 unspecified atom stereocenters. The molecular weight excluding hydrogens is 268 g/mol. The van der Waals surface area contributed by atoms with Gasteiger partial charge >= 0.3 is 0 Å². The van der Waals surface area contributed by atoms with Crippen LogP contribution in [0.2, 0.25) is 0 Å². The summed E-state index contributed by atoms with van der Waals surface area (Å²) in [4.78, 5) is 13.1. The van der Waals surface area contributed by atoms with Gasteiger partial charge in [0.1, 0.15) is 11.5 Å². The van der Waals surface area contributed by atoms with Crippen LogP contribution in [0.25, 0.3) is 0 Å². The van der Waals surface area contributed by atoms with E-state index >= 15 is 0 Å². The number of carbonyl (C=O) groups excluding carboxylic acids is 1. The van der Waals surface area contributed by atoms with Crippen molar-refractivity contribution in [3.05, 3.63) is 24.3 Å². The van der Waals surface area contributed by atoms with Crippen molar-refractivity contribution in [1.29, 1.82) is 0 Å². The Morgan fingerprint density at radius 2 is 1.95 bits per heavy atom. The van der Waals surface area contributed by atoms with E-state index in [0.29, 0.717) is 0 Å². The number of carbonyl (C=O) groups is 1. The largest absolute Gasteiger partial charge is 0.387 e. The number of aliphatic hydroxyl groups excluding tert-OH is 1. The Bertz CT molecular complexity index is 555. The second kappa shape index (κ2) is 6.14. The number of amides is 1. The summed E-state index contributed by atoms with van der Waals surface area (Å²) >= 11 is 0. The lowest BCUT2D eigenvalue weighted by atomic mass is 10.2. The van der Waals surface area contributed by atoms with E-state index in [0.717, 1.165) is 0 Å². The number of sulfonamides is 1. The zero-order chi connectivity index (χ0) is 14.6. The third-order valence-electron chi connectivity index (χ3n) is 2.60. The summed E-state index contributed by atoms with van der Waals surface area (Å²) in [6.07, 6.45) is 0. The van der Waals surface area contributed by atoms with Crippen molar-refractivity contribution in [1.82, 2.24) is 4.72 Å². The van der Waals surface area contributed by atoms with Crippen molar-refractivity contribution in [3.8, 4) is 0 Å². The molecule has 0 heterocycles. The van der Waals surface area contributed by atoms with Crippen molar-refractivity contribution in [2.75, 3.05) is 18.6 Å². The number of aliphatic hydroxyl groups is 1. The molecule has 0 saturated carbocycles. The molecule has 1 amide bonds. The average molecular weight is 286 g/mol. The number of para-hydroxylation sites is 1. The normalized spacial score (nSPS) is 11.6. The van der Waals surface area contributed by atoms with E-state index in [1.165, 1.54) is 24.1 Å². The lowest BCUT2D eigenvalue weighted by Gasteiger charge is -2.28. The standard InChI is InChI=1S/C12H18N2O4S/c1-9(2)14(12(16)8-15)10-6-4-5-7-11(10)19(17,18)13-3/h4-7,9,13,15H,8H2,1-3H3. The molecule has 0 spiro atoms. The van der Waals surface area contributed by atoms with E-state index < -0.39 is 22.5 Å². The molecule has 19 heavy (non-hydrogen) atoms. The molecule has 0 aliphatic heterocycles. The molecule has 1 aromatic carbocycles. The van der Waals surface area contributed by atoms with E-state index in [9.17, 15) is 13.2 Å². The van der Waals surface area contributed by atoms with Crippen molar-refractivity contribution < 1.29 is 18.3 Å². The first-order chi connectivity index (χ1) is 8.85. The second-order valence-corrected chi connectivity index (χ2v) is 6.05. The Kier molecular flexibility index (Phi) is 5.04. The number of hydrogen-bond acceptors (Lipinski definition) is 4. The summed E-state index contributed by atoms with van der Waals surface area (Å²) in [5.74, 6) is -0.547. The molecule has 7 heteroatoms. The predicted molar refractivity (Wildman–Crippen MR) is 72.4 cm³/mol. The van der Waals surface area contributed by atoms with Gasteiger partial charge in [-0.1, -0.05) is 12.1 Å². The monoisotopic (exact) mass is 286 g/mol. The number of anilines is 1. The van der Waals surface area contributed by atoms with Crippen LogP contribution in [0.5, 0.6) is 0 Å². The number of nitrogens with one attached hydrogen (secondary N) is 1. The minimum Gasteiger partial charge on any atom is -0.387 e. The molecule has 0 aliphatic rings. The lowest BCUT2D eigenvalue weighted by Crippen LogP contribution is -2.40. The van der Waals surface area contributed by atoms with Gasteiger partial charge in [0.15, 0.2) is 0 Å². The van der Waals surface area contributed by atoms with Crippen LogP contribution in [-0.4, -0.2) is 39.1 Å². The first-order valence-corrected chi connectivity index (χ1v) is 7.29. The molecule has 6 nitrogen and oxygen atoms in total. The molecule has 0 atom stereocenters. The Morgan fingerprint density at radius 1 is 1.37 bits per heavy atom.